The quantitative estimate of drug-likeness (QED) is 0.293. The van der Waals surface area contributed by atoms with Gasteiger partial charge in [-0.05, 0) is 0 Å². The number of hydrogen-bond donors (Lipinski definition) is 2. The van der Waals surface area contributed by atoms with E-state index in [0.29, 0.717) is 0 Å². The van der Waals surface area contributed by atoms with E-state index < -0.39 is 18.3 Å². The molecule has 5 heteroatoms. The van der Waals surface area contributed by atoms with Crippen molar-refractivity contribution in [1.82, 2.24) is 0 Å². The summed E-state index contributed by atoms with van der Waals surface area (Å²) in [6, 6.07) is 0. The number of aliphatic carboxylic acids is 1. The molecule has 4 nitrogen and oxygen atoms in total. The van der Waals surface area contributed by atoms with E-state index in [2.05, 4.69) is 5.73 Å². The van der Waals surface area contributed by atoms with Crippen LogP contribution in [0.15, 0.2) is 0 Å². The Morgan fingerprint density at radius 3 is 2.00 bits per heavy atom. The van der Waals surface area contributed by atoms with Gasteiger partial charge in [-0.15, -0.1) is 0 Å². The maximum atomic E-state index is 9.65. The molecule has 0 saturated heterocycles. The molecule has 0 aromatic carbocycles. The molecule has 0 rings (SSSR count). The number of carboxylic acids is 1. The van der Waals surface area contributed by atoms with E-state index in [4.69, 9.17) is 5.11 Å². The minimum atomic E-state index is -1.19. The van der Waals surface area contributed by atoms with Gasteiger partial charge < -0.3 is 12.3 Å². The Bertz CT molecular complexity index is 95.2. The molecular formula is C3H6NNaO3. The molecule has 0 aromatic heterocycles. The molecule has 0 bridgehead atoms. The summed E-state index contributed by atoms with van der Waals surface area (Å²) in [5.41, 5.74) is 4.47. The Balaban J connectivity index is -0.000000180. The summed E-state index contributed by atoms with van der Waals surface area (Å²) in [5.74, 6) is -2.00. The number of hydrogen-bond acceptors (Lipinski definition) is 2. The third-order valence-corrected chi connectivity index (χ3v) is 0.325. The Morgan fingerprint density at radius 1 is 1.62 bits per heavy atom. The van der Waals surface area contributed by atoms with Crippen molar-refractivity contribution >= 4 is 11.9 Å². The number of rotatable bonds is 2. The zero-order chi connectivity index (χ0) is 5.86. The van der Waals surface area contributed by atoms with Gasteiger partial charge in [0.25, 0.3) is 0 Å². The van der Waals surface area contributed by atoms with Crippen molar-refractivity contribution in [3.63, 3.8) is 0 Å². The fourth-order valence-electron chi connectivity index (χ4n) is 0.149. The van der Waals surface area contributed by atoms with E-state index >= 15 is 0 Å². The summed E-state index contributed by atoms with van der Waals surface area (Å²) < 4.78 is 0. The largest absolute Gasteiger partial charge is 1.00 e. The fourth-order valence-corrected chi connectivity index (χ4v) is 0.149. The zero-order valence-corrected chi connectivity index (χ0v) is 6.55. The topological polar surface area (TPSA) is 80.4 Å². The van der Waals surface area contributed by atoms with Crippen molar-refractivity contribution < 1.29 is 45.7 Å². The van der Waals surface area contributed by atoms with Gasteiger partial charge in [-0.25, -0.2) is 0 Å². The summed E-state index contributed by atoms with van der Waals surface area (Å²) in [5, 5.41) is 7.78. The standard InChI is InChI=1S/C3H5NO3.Na.H/c4-2(5)1-3(6)7;;/h1H2,(H2,4,5)(H,6,7);;/q;+1;-1. The van der Waals surface area contributed by atoms with Gasteiger partial charge >= 0.3 is 35.5 Å². The summed E-state index contributed by atoms with van der Waals surface area (Å²) in [6.07, 6.45) is -0.583. The summed E-state index contributed by atoms with van der Waals surface area (Å²) in [4.78, 5) is 19.2. The molecule has 0 spiro atoms. The van der Waals surface area contributed by atoms with Crippen molar-refractivity contribution in [2.45, 2.75) is 6.42 Å². The van der Waals surface area contributed by atoms with E-state index in [1.165, 1.54) is 0 Å². The number of nitrogens with two attached hydrogens (primary N) is 1. The number of primary amides is 1. The minimum Gasteiger partial charge on any atom is -1.00 e. The predicted octanol–water partition coefficient (Wildman–Crippen LogP) is -3.94. The number of carbonyl (C=O) groups is 2. The van der Waals surface area contributed by atoms with Crippen molar-refractivity contribution in [2.24, 2.45) is 5.73 Å². The van der Waals surface area contributed by atoms with Crippen LogP contribution < -0.4 is 35.3 Å². The van der Waals surface area contributed by atoms with E-state index in [1.54, 1.807) is 0 Å². The summed E-state index contributed by atoms with van der Waals surface area (Å²) >= 11 is 0. The zero-order valence-electron chi connectivity index (χ0n) is 5.55. The second-order valence-corrected chi connectivity index (χ2v) is 1.04. The van der Waals surface area contributed by atoms with E-state index in [9.17, 15) is 9.59 Å². The molecule has 8 heavy (non-hydrogen) atoms. The monoisotopic (exact) mass is 127 g/mol. The molecule has 0 aliphatic rings. The third-order valence-electron chi connectivity index (χ3n) is 0.325. The van der Waals surface area contributed by atoms with Crippen LogP contribution in [0, 0.1) is 0 Å². The van der Waals surface area contributed by atoms with Gasteiger partial charge in [0.05, 0.1) is 0 Å². The SMILES string of the molecule is NC(=O)CC(=O)O.[H-].[Na+]. The third kappa shape index (κ3) is 9.34. The van der Waals surface area contributed by atoms with E-state index in [-0.39, 0.29) is 31.0 Å². The molecule has 0 heterocycles. The van der Waals surface area contributed by atoms with Crippen LogP contribution in [0.4, 0.5) is 0 Å². The van der Waals surface area contributed by atoms with Crippen LogP contribution in [0.25, 0.3) is 0 Å². The second-order valence-electron chi connectivity index (χ2n) is 1.04. The normalized spacial score (nSPS) is 7.00. The molecule has 0 unspecified atom stereocenters. The van der Waals surface area contributed by atoms with Gasteiger partial charge in [0, 0.05) is 0 Å². The van der Waals surface area contributed by atoms with Gasteiger partial charge in [-0.1, -0.05) is 0 Å². The molecule has 0 fully saturated rings. The average molecular weight is 127 g/mol. The van der Waals surface area contributed by atoms with Crippen molar-refractivity contribution in [1.29, 1.82) is 0 Å². The summed E-state index contributed by atoms with van der Waals surface area (Å²) in [6.45, 7) is 0. The first-order valence-electron chi connectivity index (χ1n) is 1.63. The minimum absolute atomic E-state index is 0. The molecule has 0 atom stereocenters. The maximum Gasteiger partial charge on any atom is 1.00 e. The molecule has 3 N–H and O–H groups in total. The van der Waals surface area contributed by atoms with Crippen LogP contribution in [0.2, 0.25) is 0 Å². The summed E-state index contributed by atoms with van der Waals surface area (Å²) in [7, 11) is 0. The fraction of sp³-hybridized carbons (Fsp3) is 0.333. The van der Waals surface area contributed by atoms with Gasteiger partial charge in [-0.3, -0.25) is 9.59 Å². The van der Waals surface area contributed by atoms with E-state index in [0.717, 1.165) is 0 Å². The Kier molecular flexibility index (Phi) is 6.89. The van der Waals surface area contributed by atoms with Crippen molar-refractivity contribution in [3.05, 3.63) is 0 Å². The number of carbonyl (C=O) groups excluding carboxylic acids is 1. The molecular weight excluding hydrogens is 121 g/mol. The maximum absolute atomic E-state index is 9.65. The molecule has 42 valence electrons. The number of amides is 1. The smallest absolute Gasteiger partial charge is 1.00 e. The Labute approximate surface area is 69.8 Å². The second kappa shape index (κ2) is 5.08. The molecule has 1 amide bonds. The van der Waals surface area contributed by atoms with Crippen LogP contribution >= 0.6 is 0 Å². The first-order chi connectivity index (χ1) is 3.13. The van der Waals surface area contributed by atoms with Crippen LogP contribution in [-0.2, 0) is 9.59 Å². The van der Waals surface area contributed by atoms with Crippen LogP contribution in [0.1, 0.15) is 7.85 Å². The first-order valence-corrected chi connectivity index (χ1v) is 1.63. The van der Waals surface area contributed by atoms with Gasteiger partial charge in [-0.2, -0.15) is 0 Å². The van der Waals surface area contributed by atoms with Gasteiger partial charge in [0.2, 0.25) is 5.91 Å². The number of carboxylic acid groups (broad SMARTS) is 1. The molecule has 0 radical (unpaired) electrons. The molecule has 0 aliphatic heterocycles. The molecule has 0 saturated carbocycles. The van der Waals surface area contributed by atoms with Crippen LogP contribution in [-0.4, -0.2) is 17.0 Å². The molecule has 0 aromatic rings. The van der Waals surface area contributed by atoms with Crippen molar-refractivity contribution in [3.8, 4) is 0 Å². The predicted molar refractivity (Wildman–Crippen MR) is 22.6 cm³/mol. The molecule has 0 aliphatic carbocycles. The first kappa shape index (κ1) is 10.8. The van der Waals surface area contributed by atoms with E-state index in [1.807, 2.05) is 0 Å². The van der Waals surface area contributed by atoms with Crippen LogP contribution in [0.5, 0.6) is 0 Å². The van der Waals surface area contributed by atoms with Gasteiger partial charge in [0.15, 0.2) is 0 Å². The van der Waals surface area contributed by atoms with Gasteiger partial charge in [0.1, 0.15) is 6.42 Å². The van der Waals surface area contributed by atoms with Crippen LogP contribution in [0.3, 0.4) is 0 Å². The van der Waals surface area contributed by atoms with Crippen molar-refractivity contribution in [2.75, 3.05) is 0 Å². The Hall–Kier alpha value is -0.0600. The Morgan fingerprint density at radius 2 is 2.00 bits per heavy atom. The average Bonchev–Trinajstić information content (AvgIpc) is 1.27.